The van der Waals surface area contributed by atoms with E-state index in [-0.39, 0.29) is 6.04 Å². The van der Waals surface area contributed by atoms with Crippen molar-refractivity contribution < 1.29 is 4.52 Å². The molecule has 0 aromatic carbocycles. The van der Waals surface area contributed by atoms with Crippen LogP contribution in [0.15, 0.2) is 4.52 Å². The standard InChI is InChI=1S/C10H17N3OS/c1-6(2)8(11)9-12-10(14-13-9)7-3-4-15-5-7/h6-8H,3-5,11H2,1-2H3. The quantitative estimate of drug-likeness (QED) is 0.855. The van der Waals surface area contributed by atoms with Gasteiger partial charge >= 0.3 is 0 Å². The van der Waals surface area contributed by atoms with E-state index in [0.29, 0.717) is 17.7 Å². The molecule has 1 fully saturated rings. The first-order valence-electron chi connectivity index (χ1n) is 5.35. The molecule has 2 rings (SSSR count). The summed E-state index contributed by atoms with van der Waals surface area (Å²) in [6.07, 6.45) is 1.14. The van der Waals surface area contributed by atoms with Crippen LogP contribution in [0.2, 0.25) is 0 Å². The molecule has 1 aromatic heterocycles. The Kier molecular flexibility index (Phi) is 3.31. The third kappa shape index (κ3) is 2.34. The average Bonchev–Trinajstić information content (AvgIpc) is 2.86. The van der Waals surface area contributed by atoms with E-state index >= 15 is 0 Å². The number of hydrogen-bond acceptors (Lipinski definition) is 5. The number of thioether (sulfide) groups is 1. The fourth-order valence-electron chi connectivity index (χ4n) is 1.58. The molecule has 15 heavy (non-hydrogen) atoms. The number of nitrogens with zero attached hydrogens (tertiary/aromatic N) is 2. The van der Waals surface area contributed by atoms with Gasteiger partial charge in [0.25, 0.3) is 0 Å². The van der Waals surface area contributed by atoms with E-state index in [1.807, 2.05) is 11.8 Å². The smallest absolute Gasteiger partial charge is 0.230 e. The van der Waals surface area contributed by atoms with Crippen LogP contribution in [-0.4, -0.2) is 21.6 Å². The fourth-order valence-corrected chi connectivity index (χ4v) is 2.79. The van der Waals surface area contributed by atoms with Gasteiger partial charge in [-0.05, 0) is 18.1 Å². The maximum Gasteiger partial charge on any atom is 0.230 e. The highest BCUT2D eigenvalue weighted by molar-refractivity contribution is 7.99. The minimum atomic E-state index is -0.114. The highest BCUT2D eigenvalue weighted by atomic mass is 32.2. The molecule has 0 spiro atoms. The average molecular weight is 227 g/mol. The molecular formula is C10H17N3OS. The van der Waals surface area contributed by atoms with Crippen molar-refractivity contribution in [2.24, 2.45) is 11.7 Å². The zero-order chi connectivity index (χ0) is 10.8. The molecule has 2 heterocycles. The molecule has 2 unspecified atom stereocenters. The number of aromatic nitrogens is 2. The van der Waals surface area contributed by atoms with Crippen molar-refractivity contribution in [3.05, 3.63) is 11.7 Å². The van der Waals surface area contributed by atoms with Gasteiger partial charge in [0, 0.05) is 11.7 Å². The van der Waals surface area contributed by atoms with Crippen molar-refractivity contribution in [2.45, 2.75) is 32.2 Å². The molecule has 0 aliphatic carbocycles. The van der Waals surface area contributed by atoms with E-state index in [9.17, 15) is 0 Å². The highest BCUT2D eigenvalue weighted by Gasteiger charge is 2.25. The normalized spacial score (nSPS) is 23.6. The summed E-state index contributed by atoms with van der Waals surface area (Å²) in [6, 6.07) is -0.114. The second-order valence-corrected chi connectivity index (χ2v) is 5.47. The van der Waals surface area contributed by atoms with Gasteiger partial charge in [-0.3, -0.25) is 0 Å². The predicted molar refractivity (Wildman–Crippen MR) is 60.7 cm³/mol. The van der Waals surface area contributed by atoms with Crippen LogP contribution in [0.3, 0.4) is 0 Å². The van der Waals surface area contributed by atoms with Crippen LogP contribution >= 0.6 is 11.8 Å². The van der Waals surface area contributed by atoms with Crippen LogP contribution in [0.25, 0.3) is 0 Å². The lowest BCUT2D eigenvalue weighted by molar-refractivity contribution is 0.349. The SMILES string of the molecule is CC(C)C(N)c1noc(C2CCSC2)n1. The molecule has 0 amide bonds. The van der Waals surface area contributed by atoms with E-state index in [4.69, 9.17) is 10.3 Å². The summed E-state index contributed by atoms with van der Waals surface area (Å²) in [5.74, 6) is 4.49. The minimum absolute atomic E-state index is 0.114. The first-order chi connectivity index (χ1) is 7.18. The Morgan fingerprint density at radius 3 is 2.93 bits per heavy atom. The van der Waals surface area contributed by atoms with Crippen molar-refractivity contribution in [1.29, 1.82) is 0 Å². The zero-order valence-corrected chi connectivity index (χ0v) is 9.96. The largest absolute Gasteiger partial charge is 0.339 e. The van der Waals surface area contributed by atoms with Crippen LogP contribution in [0.1, 0.15) is 43.9 Å². The molecule has 2 N–H and O–H groups in total. The number of nitrogens with two attached hydrogens (primary N) is 1. The first kappa shape index (κ1) is 11.0. The number of hydrogen-bond donors (Lipinski definition) is 1. The predicted octanol–water partition coefficient (Wildman–Crippen LogP) is 1.95. The zero-order valence-electron chi connectivity index (χ0n) is 9.14. The van der Waals surface area contributed by atoms with Gasteiger partial charge in [-0.25, -0.2) is 0 Å². The van der Waals surface area contributed by atoms with Crippen molar-refractivity contribution in [3.8, 4) is 0 Å². The molecule has 4 nitrogen and oxygen atoms in total. The molecule has 1 aliphatic heterocycles. The van der Waals surface area contributed by atoms with E-state index in [1.54, 1.807) is 0 Å². The van der Waals surface area contributed by atoms with Crippen LogP contribution in [0, 0.1) is 5.92 Å². The molecule has 5 heteroatoms. The Labute approximate surface area is 94.0 Å². The Bertz CT molecular complexity index is 304. The second kappa shape index (κ2) is 4.53. The van der Waals surface area contributed by atoms with Crippen LogP contribution in [-0.2, 0) is 0 Å². The summed E-state index contributed by atoms with van der Waals surface area (Å²) in [6.45, 7) is 4.12. The molecule has 1 aliphatic rings. The molecule has 0 saturated carbocycles. The summed E-state index contributed by atoms with van der Waals surface area (Å²) in [5, 5.41) is 3.96. The molecule has 1 aromatic rings. The van der Waals surface area contributed by atoms with Gasteiger partial charge in [0.2, 0.25) is 5.89 Å². The molecule has 0 radical (unpaired) electrons. The fraction of sp³-hybridized carbons (Fsp3) is 0.800. The summed E-state index contributed by atoms with van der Waals surface area (Å²) in [4.78, 5) is 4.40. The number of rotatable bonds is 3. The maximum atomic E-state index is 5.96. The van der Waals surface area contributed by atoms with Crippen molar-refractivity contribution in [1.82, 2.24) is 10.1 Å². The third-order valence-electron chi connectivity index (χ3n) is 2.75. The Hall–Kier alpha value is -0.550. The molecular weight excluding hydrogens is 210 g/mol. The van der Waals surface area contributed by atoms with E-state index in [1.165, 1.54) is 5.75 Å². The van der Waals surface area contributed by atoms with Gasteiger partial charge in [-0.2, -0.15) is 16.7 Å². The van der Waals surface area contributed by atoms with Crippen molar-refractivity contribution in [2.75, 3.05) is 11.5 Å². The lowest BCUT2D eigenvalue weighted by Crippen LogP contribution is -2.18. The Morgan fingerprint density at radius 2 is 2.33 bits per heavy atom. The van der Waals surface area contributed by atoms with E-state index < -0.39 is 0 Å². The van der Waals surface area contributed by atoms with Crippen molar-refractivity contribution >= 4 is 11.8 Å². The van der Waals surface area contributed by atoms with E-state index in [2.05, 4.69) is 24.0 Å². The topological polar surface area (TPSA) is 64.9 Å². The molecule has 1 saturated heterocycles. The first-order valence-corrected chi connectivity index (χ1v) is 6.50. The Morgan fingerprint density at radius 1 is 1.53 bits per heavy atom. The van der Waals surface area contributed by atoms with Gasteiger partial charge in [-0.15, -0.1) is 0 Å². The van der Waals surface area contributed by atoms with Crippen LogP contribution < -0.4 is 5.73 Å². The summed E-state index contributed by atoms with van der Waals surface area (Å²) >= 11 is 1.94. The summed E-state index contributed by atoms with van der Waals surface area (Å²) in [5.41, 5.74) is 5.96. The third-order valence-corrected chi connectivity index (χ3v) is 3.92. The maximum absolute atomic E-state index is 5.96. The molecule has 2 atom stereocenters. The van der Waals surface area contributed by atoms with Gasteiger partial charge in [0.05, 0.1) is 6.04 Å². The van der Waals surface area contributed by atoms with Crippen LogP contribution in [0.4, 0.5) is 0 Å². The summed E-state index contributed by atoms with van der Waals surface area (Å²) < 4.78 is 5.27. The van der Waals surface area contributed by atoms with Crippen molar-refractivity contribution in [3.63, 3.8) is 0 Å². The summed E-state index contributed by atoms with van der Waals surface area (Å²) in [7, 11) is 0. The minimum Gasteiger partial charge on any atom is -0.339 e. The molecule has 84 valence electrons. The van der Waals surface area contributed by atoms with Gasteiger partial charge < -0.3 is 10.3 Å². The van der Waals surface area contributed by atoms with Gasteiger partial charge in [0.1, 0.15) is 0 Å². The van der Waals surface area contributed by atoms with Crippen LogP contribution in [0.5, 0.6) is 0 Å². The van der Waals surface area contributed by atoms with Gasteiger partial charge in [-0.1, -0.05) is 19.0 Å². The second-order valence-electron chi connectivity index (χ2n) is 4.32. The van der Waals surface area contributed by atoms with E-state index in [0.717, 1.165) is 18.1 Å². The Balaban J connectivity index is 2.09. The molecule has 0 bridgehead atoms. The van der Waals surface area contributed by atoms with Gasteiger partial charge in [0.15, 0.2) is 5.82 Å². The lowest BCUT2D eigenvalue weighted by Gasteiger charge is -2.09. The lowest BCUT2D eigenvalue weighted by atomic mass is 10.1. The highest BCUT2D eigenvalue weighted by Crippen LogP contribution is 2.31. The monoisotopic (exact) mass is 227 g/mol.